The van der Waals surface area contributed by atoms with E-state index in [1.165, 1.54) is 6.08 Å². The van der Waals surface area contributed by atoms with Crippen molar-refractivity contribution in [3.8, 4) is 0 Å². The Morgan fingerprint density at radius 1 is 1.50 bits per heavy atom. The van der Waals surface area contributed by atoms with Crippen molar-refractivity contribution in [2.24, 2.45) is 5.41 Å². The lowest BCUT2D eigenvalue weighted by molar-refractivity contribution is -0.137. The molecule has 0 aromatic carbocycles. The molecule has 0 N–H and O–H groups in total. The van der Waals surface area contributed by atoms with Crippen LogP contribution in [-0.4, -0.2) is 24.1 Å². The molecule has 0 aromatic rings. The molecule has 0 rings (SSSR count). The summed E-state index contributed by atoms with van der Waals surface area (Å²) < 4.78 is 4.81. The van der Waals surface area contributed by atoms with Gasteiger partial charge in [0, 0.05) is 11.3 Å². The van der Waals surface area contributed by atoms with Gasteiger partial charge in [-0.25, -0.2) is 4.79 Å². The monoisotopic (exact) mass is 216 g/mol. The third-order valence-corrected chi connectivity index (χ3v) is 3.17. The van der Waals surface area contributed by atoms with Crippen molar-refractivity contribution in [3.05, 3.63) is 12.2 Å². The van der Waals surface area contributed by atoms with Crippen molar-refractivity contribution in [1.29, 1.82) is 0 Å². The Labute approximate surface area is 91.1 Å². The first kappa shape index (κ1) is 13.6. The molecule has 0 radical (unpaired) electrons. The highest BCUT2D eigenvalue weighted by Crippen LogP contribution is 2.29. The second-order valence-corrected chi connectivity index (χ2v) is 5.11. The molecule has 0 aliphatic heterocycles. The van der Waals surface area contributed by atoms with Crippen molar-refractivity contribution in [1.82, 2.24) is 0 Å². The van der Waals surface area contributed by atoms with Crippen LogP contribution in [0, 0.1) is 5.41 Å². The minimum Gasteiger partial charge on any atom is -0.463 e. The van der Waals surface area contributed by atoms with E-state index < -0.39 is 0 Å². The fraction of sp³-hybridized carbons (Fsp3) is 0.727. The van der Waals surface area contributed by atoms with Gasteiger partial charge in [0.2, 0.25) is 0 Å². The first-order valence-corrected chi connectivity index (χ1v) is 6.08. The van der Waals surface area contributed by atoms with Crippen molar-refractivity contribution >= 4 is 17.7 Å². The van der Waals surface area contributed by atoms with E-state index in [0.29, 0.717) is 11.9 Å². The van der Waals surface area contributed by atoms with Crippen LogP contribution in [-0.2, 0) is 9.53 Å². The number of carbonyl (C=O) groups excluding carboxylic acids is 1. The summed E-state index contributed by atoms with van der Waals surface area (Å²) in [5, 5.41) is 0.340. The van der Waals surface area contributed by atoms with Crippen LogP contribution < -0.4 is 0 Å². The van der Waals surface area contributed by atoms with Crippen molar-refractivity contribution in [3.63, 3.8) is 0 Å². The van der Waals surface area contributed by atoms with Crippen LogP contribution in [0.15, 0.2) is 12.2 Å². The molecular formula is C11H20O2S. The molecule has 1 atom stereocenters. The SMILES string of the molecule is CCOC(=O)/C=C/C(SC)C(C)(C)C. The Bertz CT molecular complexity index is 204. The molecule has 0 heterocycles. The molecule has 0 fully saturated rings. The molecule has 0 amide bonds. The zero-order chi connectivity index (χ0) is 11.2. The lowest BCUT2D eigenvalue weighted by Gasteiger charge is -2.26. The maximum atomic E-state index is 11.1. The number of thioether (sulfide) groups is 1. The normalized spacial score (nSPS) is 14.4. The molecule has 0 bridgehead atoms. The molecule has 0 spiro atoms. The molecule has 3 heteroatoms. The number of hydrogen-bond donors (Lipinski definition) is 0. The highest BCUT2D eigenvalue weighted by molar-refractivity contribution is 7.99. The van der Waals surface area contributed by atoms with Crippen LogP contribution in [0.25, 0.3) is 0 Å². The van der Waals surface area contributed by atoms with Crippen LogP contribution >= 0.6 is 11.8 Å². The summed E-state index contributed by atoms with van der Waals surface area (Å²) in [7, 11) is 0. The molecule has 0 saturated carbocycles. The third kappa shape index (κ3) is 5.32. The molecular weight excluding hydrogens is 196 g/mol. The summed E-state index contributed by atoms with van der Waals surface area (Å²) in [6.45, 7) is 8.71. The van der Waals surface area contributed by atoms with Crippen molar-refractivity contribution < 1.29 is 9.53 Å². The van der Waals surface area contributed by atoms with Gasteiger partial charge in [-0.15, -0.1) is 0 Å². The zero-order valence-electron chi connectivity index (χ0n) is 9.66. The predicted molar refractivity (Wildman–Crippen MR) is 62.5 cm³/mol. The van der Waals surface area contributed by atoms with E-state index in [2.05, 4.69) is 20.8 Å². The van der Waals surface area contributed by atoms with Gasteiger partial charge in [-0.1, -0.05) is 26.8 Å². The van der Waals surface area contributed by atoms with Gasteiger partial charge in [-0.05, 0) is 18.6 Å². The van der Waals surface area contributed by atoms with E-state index in [-0.39, 0.29) is 11.4 Å². The summed E-state index contributed by atoms with van der Waals surface area (Å²) in [4.78, 5) is 11.1. The maximum Gasteiger partial charge on any atom is 0.330 e. The first-order valence-electron chi connectivity index (χ1n) is 4.79. The summed E-state index contributed by atoms with van der Waals surface area (Å²) in [5.41, 5.74) is 0.169. The molecule has 0 aliphatic carbocycles. The lowest BCUT2D eigenvalue weighted by atomic mass is 9.91. The fourth-order valence-electron chi connectivity index (χ4n) is 1.08. The number of carbonyl (C=O) groups is 1. The topological polar surface area (TPSA) is 26.3 Å². The molecule has 0 aliphatic rings. The Balaban J connectivity index is 4.25. The largest absolute Gasteiger partial charge is 0.463 e. The van der Waals surface area contributed by atoms with E-state index in [4.69, 9.17) is 4.74 Å². The van der Waals surface area contributed by atoms with Gasteiger partial charge >= 0.3 is 5.97 Å². The number of hydrogen-bond acceptors (Lipinski definition) is 3. The van der Waals surface area contributed by atoms with E-state index in [9.17, 15) is 4.79 Å². The Morgan fingerprint density at radius 2 is 2.07 bits per heavy atom. The van der Waals surface area contributed by atoms with Crippen LogP contribution in [0.4, 0.5) is 0 Å². The van der Waals surface area contributed by atoms with Gasteiger partial charge in [-0.2, -0.15) is 11.8 Å². The van der Waals surface area contributed by atoms with Crippen LogP contribution in [0.5, 0.6) is 0 Å². The highest BCUT2D eigenvalue weighted by Gasteiger charge is 2.21. The standard InChI is InChI=1S/C11H20O2S/c1-6-13-10(12)8-7-9(14-5)11(2,3)4/h7-9H,6H2,1-5H3/b8-7+. The highest BCUT2D eigenvalue weighted by atomic mass is 32.2. The minimum absolute atomic E-state index is 0.169. The maximum absolute atomic E-state index is 11.1. The Hall–Kier alpha value is -0.440. The van der Waals surface area contributed by atoms with E-state index in [1.54, 1.807) is 11.8 Å². The van der Waals surface area contributed by atoms with Crippen molar-refractivity contribution in [2.45, 2.75) is 32.9 Å². The van der Waals surface area contributed by atoms with E-state index in [0.717, 1.165) is 0 Å². The van der Waals surface area contributed by atoms with E-state index in [1.807, 2.05) is 19.3 Å². The summed E-state index contributed by atoms with van der Waals surface area (Å²) in [6.07, 6.45) is 5.49. The van der Waals surface area contributed by atoms with Gasteiger partial charge < -0.3 is 4.74 Å². The molecule has 14 heavy (non-hydrogen) atoms. The second kappa shape index (κ2) is 6.12. The number of rotatable bonds is 4. The average molecular weight is 216 g/mol. The number of esters is 1. The van der Waals surface area contributed by atoms with Crippen LogP contribution in [0.2, 0.25) is 0 Å². The van der Waals surface area contributed by atoms with Crippen LogP contribution in [0.3, 0.4) is 0 Å². The summed E-state index contributed by atoms with van der Waals surface area (Å²) in [5.74, 6) is -0.254. The molecule has 82 valence electrons. The Kier molecular flexibility index (Phi) is 5.93. The number of ether oxygens (including phenoxy) is 1. The fourth-order valence-corrected chi connectivity index (χ4v) is 2.02. The predicted octanol–water partition coefficient (Wildman–Crippen LogP) is 2.88. The first-order chi connectivity index (χ1) is 6.41. The van der Waals surface area contributed by atoms with Crippen LogP contribution in [0.1, 0.15) is 27.7 Å². The van der Waals surface area contributed by atoms with Gasteiger partial charge in [0.15, 0.2) is 0 Å². The summed E-state index contributed by atoms with van der Waals surface area (Å²) >= 11 is 1.74. The quantitative estimate of drug-likeness (QED) is 0.534. The Morgan fingerprint density at radius 3 is 2.43 bits per heavy atom. The average Bonchev–Trinajstić information content (AvgIpc) is 2.03. The van der Waals surface area contributed by atoms with Gasteiger partial charge in [0.05, 0.1) is 6.61 Å². The molecule has 0 saturated heterocycles. The van der Waals surface area contributed by atoms with Gasteiger partial charge in [0.25, 0.3) is 0 Å². The second-order valence-electron chi connectivity index (χ2n) is 4.13. The summed E-state index contributed by atoms with van der Waals surface area (Å²) in [6, 6.07) is 0. The smallest absolute Gasteiger partial charge is 0.330 e. The van der Waals surface area contributed by atoms with Crippen molar-refractivity contribution in [2.75, 3.05) is 12.9 Å². The van der Waals surface area contributed by atoms with E-state index >= 15 is 0 Å². The molecule has 0 aromatic heterocycles. The third-order valence-electron chi connectivity index (χ3n) is 1.80. The van der Waals surface area contributed by atoms with Gasteiger partial charge in [-0.3, -0.25) is 0 Å². The van der Waals surface area contributed by atoms with Gasteiger partial charge in [0.1, 0.15) is 0 Å². The zero-order valence-corrected chi connectivity index (χ0v) is 10.5. The molecule has 1 unspecified atom stereocenters. The molecule has 2 nitrogen and oxygen atoms in total. The minimum atomic E-state index is -0.254. The lowest BCUT2D eigenvalue weighted by Crippen LogP contribution is -2.20.